The third-order valence-corrected chi connectivity index (χ3v) is 5.63. The van der Waals surface area contributed by atoms with Gasteiger partial charge in [0.05, 0.1) is 19.2 Å². The summed E-state index contributed by atoms with van der Waals surface area (Å²) in [7, 11) is 1.32. The fourth-order valence-corrected chi connectivity index (χ4v) is 4.44. The first kappa shape index (κ1) is 21.1. The summed E-state index contributed by atoms with van der Waals surface area (Å²) in [6.07, 6.45) is 1.58. The summed E-state index contributed by atoms with van der Waals surface area (Å²) in [5.41, 5.74) is -0.964. The van der Waals surface area contributed by atoms with Crippen molar-refractivity contribution in [1.82, 2.24) is 10.2 Å². The van der Waals surface area contributed by atoms with Crippen molar-refractivity contribution in [1.29, 1.82) is 0 Å². The number of carbonyl (C=O) groups is 3. The zero-order valence-corrected chi connectivity index (χ0v) is 17.6. The Hall–Kier alpha value is -2.57. The standard InChI is InChI=1S/C22H30N2O5/c1-21(2,3)29-20(27)23-16-11-8-12-24-17(16)14-22(18(24)25,19(26)28-4)13-15-9-6-5-7-10-15/h5-7,9-10,16-17H,8,11-14H2,1-4H3,(H,23,27)/t16-,17+,22+/m0/s1. The SMILES string of the molecule is COC(=O)[C@]1(Cc2ccccc2)C[C@@H]2[C@@H](NC(=O)OC(C)(C)C)CCCN2C1=O. The summed E-state index contributed by atoms with van der Waals surface area (Å²) in [5.74, 6) is -0.731. The molecule has 0 radical (unpaired) electrons. The minimum atomic E-state index is -1.26. The van der Waals surface area contributed by atoms with E-state index in [9.17, 15) is 14.4 Å². The number of nitrogens with one attached hydrogen (secondary N) is 1. The van der Waals surface area contributed by atoms with Crippen LogP contribution >= 0.6 is 0 Å². The quantitative estimate of drug-likeness (QED) is 0.618. The van der Waals surface area contributed by atoms with Gasteiger partial charge in [-0.25, -0.2) is 4.79 Å². The molecule has 0 aromatic heterocycles. The molecule has 2 saturated heterocycles. The van der Waals surface area contributed by atoms with Crippen molar-refractivity contribution in [3.05, 3.63) is 35.9 Å². The van der Waals surface area contributed by atoms with Gasteiger partial charge in [0.15, 0.2) is 5.41 Å². The van der Waals surface area contributed by atoms with Gasteiger partial charge in [0.1, 0.15) is 5.60 Å². The van der Waals surface area contributed by atoms with Crippen molar-refractivity contribution >= 4 is 18.0 Å². The van der Waals surface area contributed by atoms with Crippen LogP contribution in [-0.4, -0.2) is 54.2 Å². The van der Waals surface area contributed by atoms with E-state index in [0.29, 0.717) is 13.0 Å². The van der Waals surface area contributed by atoms with Crippen LogP contribution in [0.3, 0.4) is 0 Å². The molecule has 2 fully saturated rings. The van der Waals surface area contributed by atoms with Crippen LogP contribution in [0.15, 0.2) is 30.3 Å². The number of methoxy groups -OCH3 is 1. The second kappa shape index (κ2) is 8.05. The molecule has 0 unspecified atom stereocenters. The highest BCUT2D eigenvalue weighted by molar-refractivity contribution is 6.05. The Bertz CT molecular complexity index is 773. The molecule has 2 aliphatic heterocycles. The summed E-state index contributed by atoms with van der Waals surface area (Å²) in [5, 5.41) is 2.92. The fourth-order valence-electron chi connectivity index (χ4n) is 4.44. The molecule has 1 N–H and O–H groups in total. The molecule has 0 saturated carbocycles. The smallest absolute Gasteiger partial charge is 0.407 e. The Morgan fingerprint density at radius 1 is 1.24 bits per heavy atom. The maximum absolute atomic E-state index is 13.4. The van der Waals surface area contributed by atoms with E-state index in [4.69, 9.17) is 9.47 Å². The number of hydrogen-bond donors (Lipinski definition) is 1. The molecule has 0 spiro atoms. The molecule has 158 valence electrons. The molecule has 1 aromatic carbocycles. The van der Waals surface area contributed by atoms with Gasteiger partial charge in [0.2, 0.25) is 5.91 Å². The van der Waals surface area contributed by atoms with Crippen LogP contribution in [0.5, 0.6) is 0 Å². The topological polar surface area (TPSA) is 84.9 Å². The maximum Gasteiger partial charge on any atom is 0.407 e. The van der Waals surface area contributed by atoms with Crippen LogP contribution in [0.2, 0.25) is 0 Å². The van der Waals surface area contributed by atoms with Crippen molar-refractivity contribution in [3.8, 4) is 0 Å². The van der Waals surface area contributed by atoms with E-state index in [1.807, 2.05) is 30.3 Å². The Balaban J connectivity index is 1.85. The highest BCUT2D eigenvalue weighted by Gasteiger charge is 2.59. The van der Waals surface area contributed by atoms with E-state index in [1.54, 1.807) is 25.7 Å². The van der Waals surface area contributed by atoms with Crippen LogP contribution in [-0.2, 0) is 25.5 Å². The Kier molecular flexibility index (Phi) is 5.87. The second-order valence-electron chi connectivity index (χ2n) is 8.90. The van der Waals surface area contributed by atoms with Crippen molar-refractivity contribution in [3.63, 3.8) is 0 Å². The Morgan fingerprint density at radius 3 is 2.55 bits per heavy atom. The minimum absolute atomic E-state index is 0.214. The number of carbonyl (C=O) groups excluding carboxylic acids is 3. The van der Waals surface area contributed by atoms with Crippen LogP contribution in [0.4, 0.5) is 4.79 Å². The number of esters is 1. The third-order valence-electron chi connectivity index (χ3n) is 5.63. The van der Waals surface area contributed by atoms with Gasteiger partial charge in [-0.15, -0.1) is 0 Å². The first-order chi connectivity index (χ1) is 13.7. The fraction of sp³-hybridized carbons (Fsp3) is 0.591. The molecule has 2 aliphatic rings. The number of ether oxygens (including phenoxy) is 2. The predicted molar refractivity (Wildman–Crippen MR) is 107 cm³/mol. The lowest BCUT2D eigenvalue weighted by molar-refractivity contribution is -0.159. The first-order valence-corrected chi connectivity index (χ1v) is 10.1. The number of rotatable bonds is 4. The monoisotopic (exact) mass is 402 g/mol. The maximum atomic E-state index is 13.4. The average molecular weight is 402 g/mol. The molecular weight excluding hydrogens is 372 g/mol. The molecule has 0 aliphatic carbocycles. The van der Waals surface area contributed by atoms with Gasteiger partial charge >= 0.3 is 12.1 Å². The normalized spacial score (nSPS) is 26.6. The molecule has 7 nitrogen and oxygen atoms in total. The summed E-state index contributed by atoms with van der Waals surface area (Å²) in [6.45, 7) is 5.99. The lowest BCUT2D eigenvalue weighted by Crippen LogP contribution is -2.54. The molecule has 7 heteroatoms. The zero-order chi connectivity index (χ0) is 21.2. The first-order valence-electron chi connectivity index (χ1n) is 10.1. The number of benzene rings is 1. The van der Waals surface area contributed by atoms with Gasteiger partial charge in [-0.3, -0.25) is 9.59 Å². The molecule has 3 atom stereocenters. The Labute approximate surface area is 171 Å². The molecule has 3 rings (SSSR count). The van der Waals surface area contributed by atoms with E-state index < -0.39 is 23.1 Å². The number of amides is 2. The van der Waals surface area contributed by atoms with Gasteiger partial charge in [0, 0.05) is 6.54 Å². The van der Waals surface area contributed by atoms with Crippen molar-refractivity contribution in [2.24, 2.45) is 5.41 Å². The Morgan fingerprint density at radius 2 is 1.93 bits per heavy atom. The van der Waals surface area contributed by atoms with Crippen LogP contribution in [0, 0.1) is 5.41 Å². The molecule has 1 aromatic rings. The van der Waals surface area contributed by atoms with Crippen molar-refractivity contribution < 1.29 is 23.9 Å². The number of nitrogens with zero attached hydrogens (tertiary/aromatic N) is 1. The zero-order valence-electron chi connectivity index (χ0n) is 17.6. The lowest BCUT2D eigenvalue weighted by Gasteiger charge is -2.37. The minimum Gasteiger partial charge on any atom is -0.468 e. The summed E-state index contributed by atoms with van der Waals surface area (Å²) < 4.78 is 10.5. The highest BCUT2D eigenvalue weighted by atomic mass is 16.6. The van der Waals surface area contributed by atoms with Crippen LogP contribution in [0.1, 0.15) is 45.6 Å². The van der Waals surface area contributed by atoms with E-state index in [2.05, 4.69) is 5.32 Å². The third kappa shape index (κ3) is 4.38. The predicted octanol–water partition coefficient (Wildman–Crippen LogP) is 2.68. The average Bonchev–Trinajstić information content (AvgIpc) is 2.94. The second-order valence-corrected chi connectivity index (χ2v) is 8.90. The van der Waals surface area contributed by atoms with E-state index in [1.165, 1.54) is 7.11 Å². The molecule has 0 bridgehead atoms. The van der Waals surface area contributed by atoms with Crippen LogP contribution in [0.25, 0.3) is 0 Å². The van der Waals surface area contributed by atoms with Gasteiger partial charge in [-0.1, -0.05) is 30.3 Å². The number of hydrogen-bond acceptors (Lipinski definition) is 5. The van der Waals surface area contributed by atoms with Gasteiger partial charge in [-0.2, -0.15) is 0 Å². The highest BCUT2D eigenvalue weighted by Crippen LogP contribution is 2.43. The summed E-state index contributed by atoms with van der Waals surface area (Å²) in [4.78, 5) is 40.3. The number of piperidine rings is 1. The van der Waals surface area contributed by atoms with Gasteiger partial charge in [-0.05, 0) is 52.0 Å². The molecule has 2 heterocycles. The summed E-state index contributed by atoms with van der Waals surface area (Å²) in [6, 6.07) is 8.98. The van der Waals surface area contributed by atoms with Gasteiger partial charge < -0.3 is 19.7 Å². The van der Waals surface area contributed by atoms with Crippen molar-refractivity contribution in [2.75, 3.05) is 13.7 Å². The summed E-state index contributed by atoms with van der Waals surface area (Å²) >= 11 is 0. The van der Waals surface area contributed by atoms with E-state index in [0.717, 1.165) is 18.4 Å². The van der Waals surface area contributed by atoms with Crippen molar-refractivity contribution in [2.45, 2.75) is 64.1 Å². The lowest BCUT2D eigenvalue weighted by atomic mass is 9.77. The van der Waals surface area contributed by atoms with Crippen LogP contribution < -0.4 is 5.32 Å². The largest absolute Gasteiger partial charge is 0.468 e. The van der Waals surface area contributed by atoms with Gasteiger partial charge in [0.25, 0.3) is 0 Å². The van der Waals surface area contributed by atoms with E-state index >= 15 is 0 Å². The number of fused-ring (bicyclic) bond motifs is 1. The van der Waals surface area contributed by atoms with E-state index in [-0.39, 0.29) is 24.4 Å². The number of alkyl carbamates (subject to hydrolysis) is 1. The molecule has 2 amide bonds. The molecule has 29 heavy (non-hydrogen) atoms. The molecular formula is C22H30N2O5.